The Morgan fingerprint density at radius 1 is 1.50 bits per heavy atom. The quantitative estimate of drug-likeness (QED) is 0.654. The Bertz CT molecular complexity index is 327. The van der Waals surface area contributed by atoms with Gasteiger partial charge in [0.1, 0.15) is 0 Å². The van der Waals surface area contributed by atoms with Gasteiger partial charge in [0.25, 0.3) is 0 Å². The Morgan fingerprint density at radius 2 is 2.10 bits per heavy atom. The van der Waals surface area contributed by atoms with Crippen molar-refractivity contribution >= 4 is 33.8 Å². The summed E-state index contributed by atoms with van der Waals surface area (Å²) in [6.07, 6.45) is 1.07. The highest BCUT2D eigenvalue weighted by atomic mass is 32.2. The van der Waals surface area contributed by atoms with E-state index in [1.54, 1.807) is 0 Å². The Kier molecular flexibility index (Phi) is 1.88. The lowest BCUT2D eigenvalue weighted by Gasteiger charge is -1.83. The fourth-order valence-electron chi connectivity index (χ4n) is 0.347. The van der Waals surface area contributed by atoms with Crippen molar-refractivity contribution in [2.75, 3.05) is 6.26 Å². The minimum absolute atomic E-state index is 0.0162. The first-order chi connectivity index (χ1) is 4.50. The molecule has 0 aromatic carbocycles. The first kappa shape index (κ1) is 7.83. The van der Waals surface area contributed by atoms with Crippen LogP contribution in [0.2, 0.25) is 0 Å². The highest BCUT2D eigenvalue weighted by Crippen LogP contribution is 2.17. The number of nitrogens with zero attached hydrogens (tertiary/aromatic N) is 2. The summed E-state index contributed by atoms with van der Waals surface area (Å²) >= 11 is 5.48. The van der Waals surface area contributed by atoms with Gasteiger partial charge in [0.05, 0.1) is 0 Å². The second-order valence-electron chi connectivity index (χ2n) is 1.61. The van der Waals surface area contributed by atoms with Gasteiger partial charge in [-0.3, -0.25) is 0 Å². The van der Waals surface area contributed by atoms with E-state index >= 15 is 0 Å². The van der Waals surface area contributed by atoms with E-state index in [9.17, 15) is 8.42 Å². The van der Waals surface area contributed by atoms with Gasteiger partial charge in [-0.15, -0.1) is 10.2 Å². The van der Waals surface area contributed by atoms with Crippen LogP contribution in [0.1, 0.15) is 0 Å². The van der Waals surface area contributed by atoms with Crippen LogP contribution in [0.4, 0.5) is 0 Å². The molecule has 0 aliphatic heterocycles. The number of rotatable bonds is 1. The maximum Gasteiger partial charge on any atom is 0.233 e. The van der Waals surface area contributed by atoms with Crippen molar-refractivity contribution in [3.8, 4) is 0 Å². The fraction of sp³-hybridized carbons (Fsp3) is 0.333. The highest BCUT2D eigenvalue weighted by molar-refractivity contribution is 7.93. The van der Waals surface area contributed by atoms with Crippen LogP contribution in [-0.4, -0.2) is 24.9 Å². The van der Waals surface area contributed by atoms with E-state index in [-0.39, 0.29) is 8.68 Å². The molecule has 1 radical (unpaired) electrons. The zero-order chi connectivity index (χ0) is 7.78. The molecule has 0 fully saturated rings. The molecule has 0 aliphatic carbocycles. The molecule has 0 atom stereocenters. The standard InChI is InChI=1S/C3H3N2O2S3/c1-10(6,7)3-5-4-2(8)9-3/h1H3. The van der Waals surface area contributed by atoms with E-state index in [0.717, 1.165) is 17.6 Å². The minimum atomic E-state index is -3.20. The maximum absolute atomic E-state index is 10.7. The van der Waals surface area contributed by atoms with Crippen LogP contribution in [0, 0.1) is 0 Å². The highest BCUT2D eigenvalue weighted by Gasteiger charge is 2.12. The Hall–Kier alpha value is -0.270. The lowest BCUT2D eigenvalue weighted by molar-refractivity contribution is 0.599. The third kappa shape index (κ3) is 1.61. The molecular formula is C3H3N2O2S3. The SMILES string of the molecule is CS(=O)(=O)c1nnc([S])s1. The third-order valence-electron chi connectivity index (χ3n) is 0.705. The summed E-state index contributed by atoms with van der Waals surface area (Å²) in [5.41, 5.74) is 0. The first-order valence-electron chi connectivity index (χ1n) is 2.21. The maximum atomic E-state index is 10.7. The van der Waals surface area contributed by atoms with E-state index in [1.165, 1.54) is 0 Å². The molecule has 1 rings (SSSR count). The van der Waals surface area contributed by atoms with Crippen LogP contribution in [0.15, 0.2) is 8.68 Å². The molecule has 1 heterocycles. The summed E-state index contributed by atoms with van der Waals surface area (Å²) in [6, 6.07) is 0. The molecule has 0 bridgehead atoms. The molecule has 4 nitrogen and oxygen atoms in total. The van der Waals surface area contributed by atoms with Crippen molar-refractivity contribution in [3.63, 3.8) is 0 Å². The van der Waals surface area contributed by atoms with Gasteiger partial charge in [-0.1, -0.05) is 11.3 Å². The third-order valence-corrected chi connectivity index (χ3v) is 3.42. The second kappa shape index (κ2) is 2.40. The van der Waals surface area contributed by atoms with Crippen LogP contribution in [-0.2, 0) is 9.84 Å². The molecule has 7 heteroatoms. The van der Waals surface area contributed by atoms with E-state index in [1.807, 2.05) is 0 Å². The second-order valence-corrected chi connectivity index (χ2v) is 5.42. The van der Waals surface area contributed by atoms with E-state index < -0.39 is 9.84 Å². The number of hydrogen-bond donors (Lipinski definition) is 0. The van der Waals surface area contributed by atoms with E-state index in [2.05, 4.69) is 22.8 Å². The van der Waals surface area contributed by atoms with Crippen LogP contribution in [0.3, 0.4) is 0 Å². The fourth-order valence-corrected chi connectivity index (χ4v) is 2.13. The molecule has 0 aliphatic rings. The average Bonchev–Trinajstić information content (AvgIpc) is 2.11. The predicted molar refractivity (Wildman–Crippen MR) is 38.9 cm³/mol. The van der Waals surface area contributed by atoms with E-state index in [0.29, 0.717) is 0 Å². The predicted octanol–water partition coefficient (Wildman–Crippen LogP) is 0.498. The Morgan fingerprint density at radius 3 is 2.30 bits per heavy atom. The molecule has 0 N–H and O–H groups in total. The summed E-state index contributed by atoms with van der Waals surface area (Å²) in [4.78, 5) is 0. The molecule has 55 valence electrons. The van der Waals surface area contributed by atoms with Crippen molar-refractivity contribution in [2.24, 2.45) is 0 Å². The molecule has 10 heavy (non-hydrogen) atoms. The van der Waals surface area contributed by atoms with Crippen molar-refractivity contribution in [2.45, 2.75) is 8.68 Å². The van der Waals surface area contributed by atoms with Gasteiger partial charge in [0.15, 0.2) is 0 Å². The lowest BCUT2D eigenvalue weighted by Crippen LogP contribution is -1.95. The van der Waals surface area contributed by atoms with Crippen LogP contribution < -0.4 is 0 Å². The molecule has 0 spiro atoms. The van der Waals surface area contributed by atoms with Gasteiger partial charge in [-0.25, -0.2) is 8.42 Å². The van der Waals surface area contributed by atoms with Crippen molar-refractivity contribution in [3.05, 3.63) is 0 Å². The van der Waals surface area contributed by atoms with Gasteiger partial charge in [0, 0.05) is 6.26 Å². The van der Waals surface area contributed by atoms with Gasteiger partial charge >= 0.3 is 0 Å². The van der Waals surface area contributed by atoms with Crippen LogP contribution in [0.25, 0.3) is 0 Å². The minimum Gasteiger partial charge on any atom is -0.221 e. The van der Waals surface area contributed by atoms with Gasteiger partial charge < -0.3 is 0 Å². The van der Waals surface area contributed by atoms with Crippen molar-refractivity contribution in [1.82, 2.24) is 10.2 Å². The van der Waals surface area contributed by atoms with Crippen molar-refractivity contribution in [1.29, 1.82) is 0 Å². The monoisotopic (exact) mass is 195 g/mol. The zero-order valence-corrected chi connectivity index (χ0v) is 7.39. The Balaban J connectivity index is 3.21. The molecular weight excluding hydrogens is 192 g/mol. The molecule has 0 saturated heterocycles. The summed E-state index contributed by atoms with van der Waals surface area (Å²) in [6.45, 7) is 0. The largest absolute Gasteiger partial charge is 0.233 e. The molecule has 1 aromatic rings. The Labute approximate surface area is 67.6 Å². The average molecular weight is 195 g/mol. The smallest absolute Gasteiger partial charge is 0.221 e. The van der Waals surface area contributed by atoms with E-state index in [4.69, 9.17) is 0 Å². The van der Waals surface area contributed by atoms with Gasteiger partial charge in [-0.05, 0) is 12.6 Å². The molecule has 1 aromatic heterocycles. The first-order valence-corrected chi connectivity index (χ1v) is 5.32. The summed E-state index contributed by atoms with van der Waals surface area (Å²) in [7, 11) is -3.20. The molecule has 0 saturated carbocycles. The number of hydrogen-bond acceptors (Lipinski definition) is 5. The summed E-state index contributed by atoms with van der Waals surface area (Å²) in [5.74, 6) is 0. The zero-order valence-electron chi connectivity index (χ0n) is 4.94. The lowest BCUT2D eigenvalue weighted by atomic mass is 11.6. The molecule has 0 amide bonds. The molecule has 0 unspecified atom stereocenters. The topological polar surface area (TPSA) is 59.9 Å². The van der Waals surface area contributed by atoms with Gasteiger partial charge in [0.2, 0.25) is 18.5 Å². The number of aromatic nitrogens is 2. The summed E-state index contributed by atoms with van der Waals surface area (Å²) in [5, 5.41) is 6.75. The summed E-state index contributed by atoms with van der Waals surface area (Å²) < 4.78 is 21.6. The van der Waals surface area contributed by atoms with Crippen LogP contribution in [0.5, 0.6) is 0 Å². The normalized spacial score (nSPS) is 11.7. The number of sulfone groups is 1. The van der Waals surface area contributed by atoms with Crippen LogP contribution >= 0.6 is 24.0 Å². The van der Waals surface area contributed by atoms with Crippen molar-refractivity contribution < 1.29 is 8.42 Å². The van der Waals surface area contributed by atoms with Gasteiger partial charge in [-0.2, -0.15) is 0 Å².